The Bertz CT molecular complexity index is 920. The Labute approximate surface area is 144 Å². The van der Waals surface area contributed by atoms with Crippen LogP contribution in [0.5, 0.6) is 0 Å². The van der Waals surface area contributed by atoms with Crippen LogP contribution in [0.3, 0.4) is 0 Å². The van der Waals surface area contributed by atoms with Crippen LogP contribution >= 0.6 is 0 Å². The number of rotatable bonds is 5. The van der Waals surface area contributed by atoms with Crippen LogP contribution in [0.2, 0.25) is 0 Å². The van der Waals surface area contributed by atoms with Crippen LogP contribution in [0, 0.1) is 11.3 Å². The Morgan fingerprint density at radius 2 is 1.88 bits per heavy atom. The molecule has 3 aromatic rings. The lowest BCUT2D eigenvalue weighted by Gasteiger charge is -2.09. The van der Waals surface area contributed by atoms with Gasteiger partial charge in [-0.1, -0.05) is 18.2 Å². The molecule has 0 saturated heterocycles. The van der Waals surface area contributed by atoms with Crippen molar-refractivity contribution in [3.63, 3.8) is 0 Å². The predicted octanol–water partition coefficient (Wildman–Crippen LogP) is 2.93. The summed E-state index contributed by atoms with van der Waals surface area (Å²) in [6, 6.07) is 14.3. The summed E-state index contributed by atoms with van der Waals surface area (Å²) in [5, 5.41) is 14.7. The van der Waals surface area contributed by atoms with Crippen molar-refractivity contribution in [2.75, 3.05) is 10.6 Å². The van der Waals surface area contributed by atoms with Gasteiger partial charge >= 0.3 is 0 Å². The first-order chi connectivity index (χ1) is 12.3. The van der Waals surface area contributed by atoms with Gasteiger partial charge in [0.05, 0.1) is 12.5 Å². The standard InChI is InChI=1S/C18H14N6O/c19-9-5-13-3-1-2-4-15(13)23-17(25)16-8-12-21-18(24-16)22-14-6-10-20-11-7-14/h1-4,6-8,10-12H,5H2,(H,23,25)(H,20,21,22,24). The molecule has 0 atom stereocenters. The average molecular weight is 330 g/mol. The summed E-state index contributed by atoms with van der Waals surface area (Å²) in [5.41, 5.74) is 2.34. The first-order valence-corrected chi connectivity index (χ1v) is 7.52. The maximum absolute atomic E-state index is 12.5. The number of nitrogens with zero attached hydrogens (tertiary/aromatic N) is 4. The monoisotopic (exact) mass is 330 g/mol. The molecule has 2 aromatic heterocycles. The van der Waals surface area contributed by atoms with E-state index < -0.39 is 0 Å². The Morgan fingerprint density at radius 1 is 1.08 bits per heavy atom. The molecular weight excluding hydrogens is 316 g/mol. The van der Waals surface area contributed by atoms with Gasteiger partial charge in [0.1, 0.15) is 5.69 Å². The number of aromatic nitrogens is 3. The molecule has 3 rings (SSSR count). The van der Waals surface area contributed by atoms with Crippen LogP contribution in [-0.4, -0.2) is 20.9 Å². The maximum atomic E-state index is 12.5. The number of benzene rings is 1. The van der Waals surface area contributed by atoms with Gasteiger partial charge in [0.25, 0.3) is 5.91 Å². The minimum absolute atomic E-state index is 0.217. The number of amides is 1. The fourth-order valence-electron chi connectivity index (χ4n) is 2.18. The van der Waals surface area contributed by atoms with E-state index in [2.05, 4.69) is 31.7 Å². The summed E-state index contributed by atoms with van der Waals surface area (Å²) < 4.78 is 0. The van der Waals surface area contributed by atoms with Gasteiger partial charge in [0, 0.05) is 30.0 Å². The van der Waals surface area contributed by atoms with E-state index in [1.54, 1.807) is 42.7 Å². The molecule has 0 saturated carbocycles. The SMILES string of the molecule is N#CCc1ccccc1NC(=O)c1ccnc(Nc2ccncc2)n1. The van der Waals surface area contributed by atoms with Crippen molar-refractivity contribution in [3.8, 4) is 6.07 Å². The minimum atomic E-state index is -0.370. The topological polar surface area (TPSA) is 104 Å². The number of para-hydroxylation sites is 1. The van der Waals surface area contributed by atoms with E-state index in [1.165, 1.54) is 12.3 Å². The molecule has 0 unspecified atom stereocenters. The van der Waals surface area contributed by atoms with Gasteiger partial charge < -0.3 is 10.6 Å². The highest BCUT2D eigenvalue weighted by Crippen LogP contribution is 2.17. The molecule has 0 aliphatic heterocycles. The molecule has 7 heteroatoms. The van der Waals surface area contributed by atoms with Crippen molar-refractivity contribution in [1.29, 1.82) is 5.26 Å². The summed E-state index contributed by atoms with van der Waals surface area (Å²) in [6.07, 6.45) is 5.01. The quantitative estimate of drug-likeness (QED) is 0.745. The molecule has 122 valence electrons. The second kappa shape index (κ2) is 7.66. The largest absolute Gasteiger partial charge is 0.324 e. The average Bonchev–Trinajstić information content (AvgIpc) is 2.64. The zero-order valence-electron chi connectivity index (χ0n) is 13.2. The summed E-state index contributed by atoms with van der Waals surface area (Å²) >= 11 is 0. The first kappa shape index (κ1) is 16.1. The second-order valence-electron chi connectivity index (χ2n) is 5.07. The zero-order valence-corrected chi connectivity index (χ0v) is 13.2. The van der Waals surface area contributed by atoms with E-state index in [0.29, 0.717) is 11.6 Å². The number of carbonyl (C=O) groups excluding carboxylic acids is 1. The molecule has 0 fully saturated rings. The summed E-state index contributed by atoms with van der Waals surface area (Å²) in [6.45, 7) is 0. The molecule has 0 radical (unpaired) electrons. The van der Waals surface area contributed by atoms with Gasteiger partial charge in [-0.15, -0.1) is 0 Å². The molecule has 1 amide bonds. The summed E-state index contributed by atoms with van der Waals surface area (Å²) in [4.78, 5) is 24.7. The Morgan fingerprint density at radius 3 is 2.68 bits per heavy atom. The Hall–Kier alpha value is -3.79. The van der Waals surface area contributed by atoms with E-state index in [4.69, 9.17) is 5.26 Å². The van der Waals surface area contributed by atoms with Crippen LogP contribution in [-0.2, 0) is 6.42 Å². The Kier molecular flexibility index (Phi) is 4.93. The second-order valence-corrected chi connectivity index (χ2v) is 5.07. The van der Waals surface area contributed by atoms with Crippen LogP contribution in [0.1, 0.15) is 16.1 Å². The third-order valence-corrected chi connectivity index (χ3v) is 3.36. The van der Waals surface area contributed by atoms with Crippen molar-refractivity contribution in [2.45, 2.75) is 6.42 Å². The third kappa shape index (κ3) is 4.14. The lowest BCUT2D eigenvalue weighted by Crippen LogP contribution is -2.15. The van der Waals surface area contributed by atoms with Gasteiger partial charge in [-0.25, -0.2) is 9.97 Å². The molecule has 7 nitrogen and oxygen atoms in total. The highest BCUT2D eigenvalue weighted by molar-refractivity contribution is 6.03. The van der Waals surface area contributed by atoms with Gasteiger partial charge in [-0.05, 0) is 29.8 Å². The van der Waals surface area contributed by atoms with Gasteiger partial charge in [0.2, 0.25) is 5.95 Å². The van der Waals surface area contributed by atoms with E-state index in [1.807, 2.05) is 6.07 Å². The number of pyridine rings is 1. The van der Waals surface area contributed by atoms with Crippen LogP contribution in [0.4, 0.5) is 17.3 Å². The van der Waals surface area contributed by atoms with Crippen LogP contribution in [0.15, 0.2) is 61.1 Å². The molecule has 1 aromatic carbocycles. The van der Waals surface area contributed by atoms with E-state index in [0.717, 1.165) is 11.3 Å². The lowest BCUT2D eigenvalue weighted by molar-refractivity contribution is 0.102. The number of carbonyl (C=O) groups is 1. The highest BCUT2D eigenvalue weighted by Gasteiger charge is 2.11. The number of anilines is 3. The van der Waals surface area contributed by atoms with Gasteiger partial charge in [-0.3, -0.25) is 9.78 Å². The Balaban J connectivity index is 1.77. The molecule has 2 N–H and O–H groups in total. The van der Waals surface area contributed by atoms with Crippen molar-refractivity contribution in [3.05, 3.63) is 72.3 Å². The summed E-state index contributed by atoms with van der Waals surface area (Å²) in [7, 11) is 0. The van der Waals surface area contributed by atoms with Crippen molar-refractivity contribution < 1.29 is 4.79 Å². The van der Waals surface area contributed by atoms with Crippen molar-refractivity contribution in [1.82, 2.24) is 15.0 Å². The van der Waals surface area contributed by atoms with Gasteiger partial charge in [0.15, 0.2) is 0 Å². The van der Waals surface area contributed by atoms with Crippen LogP contribution in [0.25, 0.3) is 0 Å². The normalized spacial score (nSPS) is 9.88. The number of nitrogens with one attached hydrogen (secondary N) is 2. The number of hydrogen-bond acceptors (Lipinski definition) is 6. The first-order valence-electron chi connectivity index (χ1n) is 7.52. The van der Waals surface area contributed by atoms with Gasteiger partial charge in [-0.2, -0.15) is 5.26 Å². The summed E-state index contributed by atoms with van der Waals surface area (Å²) in [5.74, 6) is -0.0604. The maximum Gasteiger partial charge on any atom is 0.274 e. The minimum Gasteiger partial charge on any atom is -0.324 e. The fraction of sp³-hybridized carbons (Fsp3) is 0.0556. The van der Waals surface area contributed by atoms with Crippen LogP contribution < -0.4 is 10.6 Å². The highest BCUT2D eigenvalue weighted by atomic mass is 16.1. The fourth-order valence-corrected chi connectivity index (χ4v) is 2.18. The molecule has 0 aliphatic carbocycles. The lowest BCUT2D eigenvalue weighted by atomic mass is 10.1. The van der Waals surface area contributed by atoms with Crippen molar-refractivity contribution >= 4 is 23.2 Å². The molecule has 0 aliphatic rings. The smallest absolute Gasteiger partial charge is 0.274 e. The van der Waals surface area contributed by atoms with Crippen molar-refractivity contribution in [2.24, 2.45) is 0 Å². The molecule has 0 spiro atoms. The third-order valence-electron chi connectivity index (χ3n) is 3.36. The number of nitriles is 1. The van der Waals surface area contributed by atoms with E-state index >= 15 is 0 Å². The van der Waals surface area contributed by atoms with E-state index in [-0.39, 0.29) is 18.0 Å². The number of hydrogen-bond donors (Lipinski definition) is 2. The zero-order chi connectivity index (χ0) is 17.5. The molecule has 0 bridgehead atoms. The molecule has 2 heterocycles. The predicted molar refractivity (Wildman–Crippen MR) is 93.3 cm³/mol. The van der Waals surface area contributed by atoms with E-state index in [9.17, 15) is 4.79 Å². The molecule has 25 heavy (non-hydrogen) atoms. The molecular formula is C18H14N6O.